The van der Waals surface area contributed by atoms with E-state index in [0.717, 1.165) is 42.4 Å². The van der Waals surface area contributed by atoms with Crippen LogP contribution in [0.25, 0.3) is 21.9 Å². The number of nitrogens with one attached hydrogen (secondary N) is 2. The molecule has 1 saturated carbocycles. The van der Waals surface area contributed by atoms with Gasteiger partial charge in [-0.1, -0.05) is 46.7 Å². The number of carbonyl (C=O) groups excluding carboxylic acids is 1. The number of carbonyl (C=O) groups is 1. The molecule has 12 heteroatoms. The quantitative estimate of drug-likeness (QED) is 0.350. The molecule has 0 amide bonds. The molecular weight excluding hydrogens is 509 g/mol. The monoisotopic (exact) mass is 533 g/mol. The molecule has 2 bridgehead atoms. The van der Waals surface area contributed by atoms with Crippen molar-refractivity contribution in [2.24, 2.45) is 17.8 Å². The molecule has 3 aromatic rings. The third-order valence-corrected chi connectivity index (χ3v) is 8.75. The number of imidazole rings is 1. The smallest absolute Gasteiger partial charge is 0.330 e. The van der Waals surface area contributed by atoms with E-state index >= 15 is 0 Å². The standard InChI is InChI=1S/C23H25Cl2N7O2S/c1-31(2)34-22(33)14-11-5-6-12(9-11)15(14)27-16-13(24)10-26-20-17(16)28-21(30-20)18-19(25)29-23(35-18)32-7-3-4-8-32/h5-6,10-12,14-15H,3-4,7-9H2,1-2H3,(H2,26,27,28,30)/t11-,12+,14+,15-/m1/s1. The van der Waals surface area contributed by atoms with Crippen LogP contribution < -0.4 is 10.2 Å². The number of allylic oxidation sites excluding steroid dienone is 1. The predicted molar refractivity (Wildman–Crippen MR) is 138 cm³/mol. The largest absolute Gasteiger partial charge is 0.378 e. The van der Waals surface area contributed by atoms with Crippen LogP contribution in [0.3, 0.4) is 0 Å². The average Bonchev–Trinajstić information content (AvgIpc) is 3.62. The van der Waals surface area contributed by atoms with E-state index in [1.54, 1.807) is 20.3 Å². The highest BCUT2D eigenvalue weighted by atomic mass is 35.5. The third-order valence-electron chi connectivity index (χ3n) is 6.95. The highest BCUT2D eigenvalue weighted by molar-refractivity contribution is 7.19. The van der Waals surface area contributed by atoms with Gasteiger partial charge in [-0.25, -0.2) is 19.7 Å². The zero-order valence-corrected chi connectivity index (χ0v) is 21.6. The van der Waals surface area contributed by atoms with Gasteiger partial charge in [-0.15, -0.1) is 5.06 Å². The number of hydroxylamine groups is 2. The van der Waals surface area contributed by atoms with Gasteiger partial charge < -0.3 is 20.0 Å². The molecule has 0 unspecified atom stereocenters. The number of hydrogen-bond donors (Lipinski definition) is 2. The van der Waals surface area contributed by atoms with Crippen LogP contribution in [0.1, 0.15) is 19.3 Å². The summed E-state index contributed by atoms with van der Waals surface area (Å²) in [5, 5.41) is 6.76. The van der Waals surface area contributed by atoms with E-state index in [0.29, 0.717) is 32.9 Å². The molecule has 9 nitrogen and oxygen atoms in total. The van der Waals surface area contributed by atoms with Crippen LogP contribution in [0.2, 0.25) is 10.2 Å². The number of aromatic amines is 1. The summed E-state index contributed by atoms with van der Waals surface area (Å²) in [6.45, 7) is 1.98. The number of thiazole rings is 1. The molecular formula is C23H25Cl2N7O2S. The lowest BCUT2D eigenvalue weighted by atomic mass is 9.88. The second kappa shape index (κ2) is 8.92. The van der Waals surface area contributed by atoms with Crippen molar-refractivity contribution < 1.29 is 9.63 Å². The molecule has 2 N–H and O–H groups in total. The zero-order valence-electron chi connectivity index (χ0n) is 19.3. The lowest BCUT2D eigenvalue weighted by Gasteiger charge is -2.29. The van der Waals surface area contributed by atoms with E-state index < -0.39 is 0 Å². The van der Waals surface area contributed by atoms with Gasteiger partial charge in [0.05, 0.1) is 22.8 Å². The van der Waals surface area contributed by atoms with Crippen molar-refractivity contribution in [1.29, 1.82) is 0 Å². The number of anilines is 2. The first-order valence-corrected chi connectivity index (χ1v) is 13.3. The van der Waals surface area contributed by atoms with Gasteiger partial charge in [-0.2, -0.15) is 0 Å². The van der Waals surface area contributed by atoms with Gasteiger partial charge in [-0.05, 0) is 31.1 Å². The molecule has 2 aliphatic carbocycles. The Kier molecular flexibility index (Phi) is 5.87. The SMILES string of the molecule is CN(C)OC(=O)[C@@H]1[C@H](Nc2c(Cl)cnc3nc(-c4sc(N5CCCC5)nc4Cl)[nH]c23)[C@H]2C=C[C@@H]1C2. The number of rotatable bonds is 6. The van der Waals surface area contributed by atoms with Crippen LogP contribution in [0, 0.1) is 17.8 Å². The van der Waals surface area contributed by atoms with Crippen LogP contribution in [0.5, 0.6) is 0 Å². The molecule has 3 aromatic heterocycles. The molecule has 4 heterocycles. The summed E-state index contributed by atoms with van der Waals surface area (Å²) >= 11 is 14.7. The first kappa shape index (κ1) is 23.0. The minimum absolute atomic E-state index is 0.137. The summed E-state index contributed by atoms with van der Waals surface area (Å²) in [5.74, 6) is 0.385. The Morgan fingerprint density at radius 2 is 2.00 bits per heavy atom. The molecule has 0 spiro atoms. The third kappa shape index (κ3) is 4.06. The summed E-state index contributed by atoms with van der Waals surface area (Å²) < 4.78 is 0. The van der Waals surface area contributed by atoms with Gasteiger partial charge in [0.2, 0.25) is 0 Å². The van der Waals surface area contributed by atoms with E-state index in [2.05, 4.69) is 37.3 Å². The van der Waals surface area contributed by atoms with Crippen LogP contribution >= 0.6 is 34.5 Å². The molecule has 3 aliphatic rings. The topological polar surface area (TPSA) is 99.3 Å². The van der Waals surface area contributed by atoms with E-state index in [-0.39, 0.29) is 29.8 Å². The molecule has 35 heavy (non-hydrogen) atoms. The summed E-state index contributed by atoms with van der Waals surface area (Å²) in [6, 6.07) is -0.152. The second-order valence-corrected chi connectivity index (χ2v) is 11.2. The normalized spacial score (nSPS) is 25.3. The van der Waals surface area contributed by atoms with Crippen molar-refractivity contribution in [3.05, 3.63) is 28.5 Å². The Morgan fingerprint density at radius 3 is 2.77 bits per heavy atom. The van der Waals surface area contributed by atoms with E-state index in [4.69, 9.17) is 33.0 Å². The molecule has 0 aromatic carbocycles. The molecule has 6 rings (SSSR count). The Morgan fingerprint density at radius 1 is 1.23 bits per heavy atom. The molecule has 1 saturated heterocycles. The van der Waals surface area contributed by atoms with Crippen molar-refractivity contribution in [1.82, 2.24) is 25.0 Å². The van der Waals surface area contributed by atoms with Crippen molar-refractivity contribution in [2.75, 3.05) is 37.4 Å². The fraction of sp³-hybridized carbons (Fsp3) is 0.478. The molecule has 0 radical (unpaired) electrons. The van der Waals surface area contributed by atoms with Gasteiger partial charge in [0.25, 0.3) is 0 Å². The summed E-state index contributed by atoms with van der Waals surface area (Å²) in [4.78, 5) is 38.4. The van der Waals surface area contributed by atoms with Crippen molar-refractivity contribution in [3.8, 4) is 10.7 Å². The van der Waals surface area contributed by atoms with E-state index in [9.17, 15) is 4.79 Å². The second-order valence-electron chi connectivity index (χ2n) is 9.44. The van der Waals surface area contributed by atoms with Crippen molar-refractivity contribution >= 4 is 62.5 Å². The number of H-pyrrole nitrogens is 1. The lowest BCUT2D eigenvalue weighted by Crippen LogP contribution is -2.40. The Hall–Kier alpha value is -2.40. The molecule has 1 aliphatic heterocycles. The number of halogens is 2. The van der Waals surface area contributed by atoms with E-state index in [1.807, 2.05) is 0 Å². The van der Waals surface area contributed by atoms with Crippen LogP contribution in [-0.4, -0.2) is 64.2 Å². The van der Waals surface area contributed by atoms with Crippen molar-refractivity contribution in [3.63, 3.8) is 0 Å². The minimum Gasteiger partial charge on any atom is -0.378 e. The molecule has 184 valence electrons. The number of fused-ring (bicyclic) bond motifs is 3. The number of pyridine rings is 1. The number of hydrogen-bond acceptors (Lipinski definition) is 9. The Bertz CT molecular complexity index is 1320. The molecule has 2 fully saturated rings. The summed E-state index contributed by atoms with van der Waals surface area (Å²) in [5.41, 5.74) is 1.86. The fourth-order valence-electron chi connectivity index (χ4n) is 5.41. The summed E-state index contributed by atoms with van der Waals surface area (Å²) in [6.07, 6.45) is 9.10. The van der Waals surface area contributed by atoms with Crippen molar-refractivity contribution in [2.45, 2.75) is 25.3 Å². The minimum atomic E-state index is -0.312. The first-order chi connectivity index (χ1) is 16.9. The average molecular weight is 534 g/mol. The Balaban J connectivity index is 1.34. The van der Waals surface area contributed by atoms with Crippen LogP contribution in [-0.2, 0) is 9.63 Å². The fourth-order valence-corrected chi connectivity index (χ4v) is 6.90. The highest BCUT2D eigenvalue weighted by Gasteiger charge is 2.49. The first-order valence-electron chi connectivity index (χ1n) is 11.7. The Labute approximate surface area is 216 Å². The number of aromatic nitrogens is 4. The lowest BCUT2D eigenvalue weighted by molar-refractivity contribution is -0.184. The highest BCUT2D eigenvalue weighted by Crippen LogP contribution is 2.47. The van der Waals surface area contributed by atoms with E-state index in [1.165, 1.54) is 16.4 Å². The van der Waals surface area contributed by atoms with Gasteiger partial charge in [0.15, 0.2) is 21.8 Å². The summed E-state index contributed by atoms with van der Waals surface area (Å²) in [7, 11) is 3.41. The van der Waals surface area contributed by atoms with Gasteiger partial charge in [0, 0.05) is 33.2 Å². The van der Waals surface area contributed by atoms with Crippen LogP contribution in [0.4, 0.5) is 10.8 Å². The maximum absolute atomic E-state index is 12.9. The number of nitrogens with zero attached hydrogens (tertiary/aromatic N) is 5. The molecule has 4 atom stereocenters. The van der Waals surface area contributed by atoms with Gasteiger partial charge >= 0.3 is 5.97 Å². The maximum Gasteiger partial charge on any atom is 0.330 e. The predicted octanol–water partition coefficient (Wildman–Crippen LogP) is 4.61. The van der Waals surface area contributed by atoms with Crippen LogP contribution in [0.15, 0.2) is 18.3 Å². The van der Waals surface area contributed by atoms with Gasteiger partial charge in [0.1, 0.15) is 10.4 Å². The zero-order chi connectivity index (χ0) is 24.3. The maximum atomic E-state index is 12.9. The van der Waals surface area contributed by atoms with Gasteiger partial charge in [-0.3, -0.25) is 0 Å².